The summed E-state index contributed by atoms with van der Waals surface area (Å²) in [6, 6.07) is 9.86. The molecule has 0 unspecified atom stereocenters. The molecule has 1 aromatic rings. The molecule has 2 rings (SSSR count). The summed E-state index contributed by atoms with van der Waals surface area (Å²) in [5.74, 6) is 0. The second-order valence-electron chi connectivity index (χ2n) is 7.41. The Labute approximate surface area is 130 Å². The first-order chi connectivity index (χ1) is 10.00. The Morgan fingerprint density at radius 1 is 1.10 bits per heavy atom. The minimum absolute atomic E-state index is 0.561. The molecule has 0 heterocycles. The van der Waals surface area contributed by atoms with Crippen molar-refractivity contribution in [3.8, 4) is 0 Å². The minimum Gasteiger partial charge on any atom is -0.313 e. The Morgan fingerprint density at radius 3 is 2.24 bits per heavy atom. The van der Waals surface area contributed by atoms with E-state index in [-0.39, 0.29) is 0 Å². The van der Waals surface area contributed by atoms with Crippen LogP contribution in [0.5, 0.6) is 0 Å². The first-order valence-electron chi connectivity index (χ1n) is 8.49. The highest BCUT2D eigenvalue weighted by molar-refractivity contribution is 5.22. The molecule has 1 N–H and O–H groups in total. The minimum atomic E-state index is 0.561. The van der Waals surface area contributed by atoms with Gasteiger partial charge in [-0.25, -0.2) is 0 Å². The van der Waals surface area contributed by atoms with Crippen LogP contribution >= 0.6 is 0 Å². The summed E-state index contributed by atoms with van der Waals surface area (Å²) in [4.78, 5) is 2.55. The Hall–Kier alpha value is -0.860. The van der Waals surface area contributed by atoms with E-state index in [1.54, 1.807) is 0 Å². The number of hydrogen-bond acceptors (Lipinski definition) is 2. The van der Waals surface area contributed by atoms with Gasteiger partial charge in [0.25, 0.3) is 0 Å². The van der Waals surface area contributed by atoms with Crippen LogP contribution in [0.3, 0.4) is 0 Å². The van der Waals surface area contributed by atoms with Gasteiger partial charge in [-0.05, 0) is 55.8 Å². The van der Waals surface area contributed by atoms with Crippen molar-refractivity contribution in [2.45, 2.75) is 65.6 Å². The molecule has 1 saturated carbocycles. The van der Waals surface area contributed by atoms with E-state index in [0.717, 1.165) is 25.7 Å². The van der Waals surface area contributed by atoms with Crippen molar-refractivity contribution in [2.24, 2.45) is 5.41 Å². The highest BCUT2D eigenvalue weighted by Crippen LogP contribution is 2.36. The van der Waals surface area contributed by atoms with Gasteiger partial charge >= 0.3 is 0 Å². The Bertz CT molecular complexity index is 412. The van der Waals surface area contributed by atoms with Gasteiger partial charge in [0.05, 0.1) is 0 Å². The highest BCUT2D eigenvalue weighted by Gasteiger charge is 2.28. The fourth-order valence-corrected chi connectivity index (χ4v) is 3.27. The summed E-state index contributed by atoms with van der Waals surface area (Å²) in [6.07, 6.45) is 5.43. The van der Waals surface area contributed by atoms with Gasteiger partial charge in [-0.2, -0.15) is 0 Å². The zero-order valence-electron chi connectivity index (χ0n) is 14.3. The molecule has 0 aromatic heterocycles. The normalized spacial score (nSPS) is 19.1. The molecule has 2 nitrogen and oxygen atoms in total. The molecule has 1 aliphatic rings. The summed E-state index contributed by atoms with van der Waals surface area (Å²) >= 11 is 0. The summed E-state index contributed by atoms with van der Waals surface area (Å²) in [5.41, 5.74) is 3.37. The second kappa shape index (κ2) is 7.42. The Balaban J connectivity index is 1.83. The van der Waals surface area contributed by atoms with Crippen LogP contribution in [0.1, 0.15) is 57.6 Å². The lowest BCUT2D eigenvalue weighted by Crippen LogP contribution is -2.36. The molecule has 0 spiro atoms. The van der Waals surface area contributed by atoms with E-state index in [4.69, 9.17) is 0 Å². The first kappa shape index (κ1) is 16.5. The maximum absolute atomic E-state index is 3.37. The van der Waals surface area contributed by atoms with E-state index in [2.05, 4.69) is 62.3 Å². The molecule has 0 radical (unpaired) electrons. The largest absolute Gasteiger partial charge is 0.313 e. The molecule has 0 amide bonds. The van der Waals surface area contributed by atoms with Crippen molar-refractivity contribution in [1.29, 1.82) is 0 Å². The van der Waals surface area contributed by atoms with Crippen LogP contribution in [-0.2, 0) is 13.1 Å². The van der Waals surface area contributed by atoms with Gasteiger partial charge in [0, 0.05) is 19.1 Å². The van der Waals surface area contributed by atoms with Crippen LogP contribution in [0, 0.1) is 5.41 Å². The van der Waals surface area contributed by atoms with Crippen molar-refractivity contribution in [2.75, 3.05) is 13.6 Å². The molecular weight excluding hydrogens is 256 g/mol. The maximum atomic E-state index is 3.37. The molecule has 1 aliphatic carbocycles. The van der Waals surface area contributed by atoms with Gasteiger partial charge in [0.2, 0.25) is 0 Å². The summed E-state index contributed by atoms with van der Waals surface area (Å²) in [7, 11) is 2.29. The SMILES string of the molecule is CCNCc1ccc(CN(C)C2CCC(C)(C)CC2)cc1. The average molecular weight is 288 g/mol. The molecule has 0 aliphatic heterocycles. The number of rotatable bonds is 6. The third-order valence-electron chi connectivity index (χ3n) is 4.97. The fourth-order valence-electron chi connectivity index (χ4n) is 3.27. The van der Waals surface area contributed by atoms with Crippen molar-refractivity contribution < 1.29 is 0 Å². The summed E-state index contributed by atoms with van der Waals surface area (Å²) < 4.78 is 0. The molecule has 0 atom stereocenters. The van der Waals surface area contributed by atoms with Gasteiger partial charge in [-0.15, -0.1) is 0 Å². The van der Waals surface area contributed by atoms with E-state index in [0.29, 0.717) is 5.41 Å². The topological polar surface area (TPSA) is 15.3 Å². The van der Waals surface area contributed by atoms with Crippen molar-refractivity contribution in [1.82, 2.24) is 10.2 Å². The van der Waals surface area contributed by atoms with Crippen molar-refractivity contribution in [3.05, 3.63) is 35.4 Å². The lowest BCUT2D eigenvalue weighted by atomic mass is 9.75. The Morgan fingerprint density at radius 2 is 1.67 bits per heavy atom. The number of hydrogen-bond donors (Lipinski definition) is 1. The first-order valence-corrected chi connectivity index (χ1v) is 8.49. The van der Waals surface area contributed by atoms with Crippen LogP contribution in [0.25, 0.3) is 0 Å². The number of nitrogens with one attached hydrogen (secondary N) is 1. The van der Waals surface area contributed by atoms with E-state index in [9.17, 15) is 0 Å². The van der Waals surface area contributed by atoms with Gasteiger partial charge < -0.3 is 5.32 Å². The maximum Gasteiger partial charge on any atom is 0.0233 e. The van der Waals surface area contributed by atoms with Gasteiger partial charge in [0.1, 0.15) is 0 Å². The lowest BCUT2D eigenvalue weighted by Gasteiger charge is -2.38. The van der Waals surface area contributed by atoms with Crippen LogP contribution in [0.4, 0.5) is 0 Å². The molecule has 21 heavy (non-hydrogen) atoms. The Kier molecular flexibility index (Phi) is 5.83. The molecular formula is C19H32N2. The van der Waals surface area contributed by atoms with Crippen molar-refractivity contribution >= 4 is 0 Å². The van der Waals surface area contributed by atoms with Crippen LogP contribution in [0.15, 0.2) is 24.3 Å². The van der Waals surface area contributed by atoms with Gasteiger partial charge in [0.15, 0.2) is 0 Å². The van der Waals surface area contributed by atoms with E-state index >= 15 is 0 Å². The van der Waals surface area contributed by atoms with Crippen LogP contribution in [0.2, 0.25) is 0 Å². The highest BCUT2D eigenvalue weighted by atomic mass is 15.1. The van der Waals surface area contributed by atoms with Gasteiger partial charge in [-0.3, -0.25) is 4.90 Å². The van der Waals surface area contributed by atoms with E-state index in [1.165, 1.54) is 36.8 Å². The zero-order valence-corrected chi connectivity index (χ0v) is 14.3. The fraction of sp³-hybridized carbons (Fsp3) is 0.684. The lowest BCUT2D eigenvalue weighted by molar-refractivity contribution is 0.123. The van der Waals surface area contributed by atoms with Crippen molar-refractivity contribution in [3.63, 3.8) is 0 Å². The summed E-state index contributed by atoms with van der Waals surface area (Å²) in [6.45, 7) is 10.0. The molecule has 1 fully saturated rings. The third-order valence-corrected chi connectivity index (χ3v) is 4.97. The average Bonchev–Trinajstić information content (AvgIpc) is 2.46. The quantitative estimate of drug-likeness (QED) is 0.844. The van der Waals surface area contributed by atoms with Crippen LogP contribution < -0.4 is 5.32 Å². The second-order valence-corrected chi connectivity index (χ2v) is 7.41. The summed E-state index contributed by atoms with van der Waals surface area (Å²) in [5, 5.41) is 3.37. The molecule has 2 heteroatoms. The molecule has 1 aromatic carbocycles. The third kappa shape index (κ3) is 5.12. The van der Waals surface area contributed by atoms with Gasteiger partial charge in [-0.1, -0.05) is 45.0 Å². The number of benzene rings is 1. The number of nitrogens with zero attached hydrogens (tertiary/aromatic N) is 1. The molecule has 0 bridgehead atoms. The van der Waals surface area contributed by atoms with E-state index in [1.807, 2.05) is 0 Å². The standard InChI is InChI=1S/C19H32N2/c1-5-20-14-16-6-8-17(9-7-16)15-21(4)18-10-12-19(2,3)13-11-18/h6-9,18,20H,5,10-15H2,1-4H3. The molecule has 0 saturated heterocycles. The zero-order chi connectivity index (χ0) is 15.3. The smallest absolute Gasteiger partial charge is 0.0233 e. The van der Waals surface area contributed by atoms with E-state index < -0.39 is 0 Å². The molecule has 118 valence electrons. The van der Waals surface area contributed by atoms with Crippen LogP contribution in [-0.4, -0.2) is 24.5 Å². The predicted molar refractivity (Wildman–Crippen MR) is 91.3 cm³/mol. The predicted octanol–water partition coefficient (Wildman–Crippen LogP) is 4.20. The monoisotopic (exact) mass is 288 g/mol.